The Balaban J connectivity index is 2.11. The molecule has 0 saturated carbocycles. The molecule has 1 heterocycles. The molecule has 2 aromatic carbocycles. The van der Waals surface area contributed by atoms with Crippen LogP contribution in [-0.4, -0.2) is 18.1 Å². The molecule has 0 spiro atoms. The number of aromatic hydroxyl groups is 1. The van der Waals surface area contributed by atoms with Gasteiger partial charge in [-0.1, -0.05) is 37.7 Å². The van der Waals surface area contributed by atoms with Gasteiger partial charge in [-0.25, -0.2) is 0 Å². The van der Waals surface area contributed by atoms with Crippen molar-refractivity contribution in [2.75, 3.05) is 5.32 Å². The van der Waals surface area contributed by atoms with Gasteiger partial charge in [0.15, 0.2) is 0 Å². The number of phenolic OH excluding ortho intramolecular Hbond substituents is 1. The Hall–Kier alpha value is -1.70. The zero-order valence-electron chi connectivity index (χ0n) is 13.4. The minimum atomic E-state index is -4.35. The lowest BCUT2D eigenvalue weighted by atomic mass is 9.95. The van der Waals surface area contributed by atoms with E-state index in [2.05, 4.69) is 5.32 Å². The van der Waals surface area contributed by atoms with E-state index >= 15 is 0 Å². The lowest BCUT2D eigenvalue weighted by molar-refractivity contribution is 0.453. The predicted octanol–water partition coefficient (Wildman–Crippen LogP) is 4.37. The van der Waals surface area contributed by atoms with E-state index in [9.17, 15) is 18.1 Å². The van der Waals surface area contributed by atoms with Gasteiger partial charge in [0.2, 0.25) is 0 Å². The Morgan fingerprint density at radius 3 is 2.62 bits per heavy atom. The van der Waals surface area contributed by atoms with Crippen molar-refractivity contribution in [3.63, 3.8) is 0 Å². The maximum Gasteiger partial charge on any atom is 0.294 e. The number of anilines is 1. The molecule has 2 unspecified atom stereocenters. The lowest BCUT2D eigenvalue weighted by Gasteiger charge is -2.19. The molecule has 24 heavy (non-hydrogen) atoms. The molecule has 0 saturated heterocycles. The van der Waals surface area contributed by atoms with Crippen molar-refractivity contribution in [1.29, 1.82) is 0 Å². The quantitative estimate of drug-likeness (QED) is 0.698. The molecule has 0 bridgehead atoms. The average Bonchev–Trinajstić information content (AvgIpc) is 2.97. The number of nitrogens with one attached hydrogen (secondary N) is 1. The van der Waals surface area contributed by atoms with E-state index in [0.29, 0.717) is 11.1 Å². The Morgan fingerprint density at radius 2 is 2.00 bits per heavy atom. The lowest BCUT2D eigenvalue weighted by Crippen LogP contribution is -2.08. The number of thioether (sulfide) groups is 1. The van der Waals surface area contributed by atoms with Crippen molar-refractivity contribution in [3.8, 4) is 5.75 Å². The molecule has 0 aliphatic carbocycles. The molecule has 2 atom stereocenters. The Bertz CT molecular complexity index is 855. The number of benzene rings is 2. The number of para-hydroxylation sites is 1. The Labute approximate surface area is 145 Å². The van der Waals surface area contributed by atoms with Gasteiger partial charge in [0, 0.05) is 16.1 Å². The summed E-state index contributed by atoms with van der Waals surface area (Å²) in [5.74, 6) is 0.0498. The summed E-state index contributed by atoms with van der Waals surface area (Å²) >= 11 is 1.50. The minimum Gasteiger partial charge on any atom is -0.507 e. The van der Waals surface area contributed by atoms with Crippen molar-refractivity contribution >= 4 is 27.6 Å². The summed E-state index contributed by atoms with van der Waals surface area (Å²) in [6.45, 7) is 3.87. The third kappa shape index (κ3) is 3.11. The molecule has 0 amide bonds. The highest BCUT2D eigenvalue weighted by Gasteiger charge is 2.28. The second-order valence-electron chi connectivity index (χ2n) is 5.87. The highest BCUT2D eigenvalue weighted by molar-refractivity contribution is 8.00. The zero-order valence-corrected chi connectivity index (χ0v) is 15.0. The smallest absolute Gasteiger partial charge is 0.294 e. The van der Waals surface area contributed by atoms with E-state index < -0.39 is 10.1 Å². The van der Waals surface area contributed by atoms with Crippen LogP contribution in [0, 0.1) is 0 Å². The van der Waals surface area contributed by atoms with Gasteiger partial charge in [-0.2, -0.15) is 8.42 Å². The summed E-state index contributed by atoms with van der Waals surface area (Å²) in [6, 6.07) is 10.4. The zero-order chi connectivity index (χ0) is 17.5. The van der Waals surface area contributed by atoms with Crippen LogP contribution < -0.4 is 5.32 Å². The molecule has 7 heteroatoms. The van der Waals surface area contributed by atoms with Crippen LogP contribution in [-0.2, 0) is 10.1 Å². The van der Waals surface area contributed by atoms with Gasteiger partial charge in [0.1, 0.15) is 11.1 Å². The minimum absolute atomic E-state index is 0.0285. The maximum absolute atomic E-state index is 11.6. The number of phenols is 1. The average molecular weight is 365 g/mol. The molecule has 0 fully saturated rings. The first-order valence-corrected chi connectivity index (χ1v) is 9.99. The van der Waals surface area contributed by atoms with Crippen LogP contribution in [0.3, 0.4) is 0 Å². The van der Waals surface area contributed by atoms with E-state index in [0.717, 1.165) is 17.0 Å². The van der Waals surface area contributed by atoms with Crippen LogP contribution in [0.2, 0.25) is 0 Å². The molecule has 3 rings (SSSR count). The van der Waals surface area contributed by atoms with Crippen LogP contribution in [0.25, 0.3) is 0 Å². The van der Waals surface area contributed by atoms with Crippen LogP contribution in [0.15, 0.2) is 46.2 Å². The summed E-state index contributed by atoms with van der Waals surface area (Å²) in [4.78, 5) is 0.841. The SMILES string of the molecule is CCC(C)c1cc(S(=O)(=O)O)cc(C2Nc3ccccc3S2)c1O. The Morgan fingerprint density at radius 1 is 1.29 bits per heavy atom. The van der Waals surface area contributed by atoms with Crippen LogP contribution in [0.4, 0.5) is 5.69 Å². The van der Waals surface area contributed by atoms with Gasteiger partial charge < -0.3 is 10.4 Å². The largest absolute Gasteiger partial charge is 0.507 e. The monoisotopic (exact) mass is 365 g/mol. The van der Waals surface area contributed by atoms with Gasteiger partial charge in [-0.3, -0.25) is 4.55 Å². The van der Waals surface area contributed by atoms with Gasteiger partial charge in [0.25, 0.3) is 10.1 Å². The molecule has 128 valence electrons. The Kier molecular flexibility index (Phi) is 4.50. The number of hydrogen-bond donors (Lipinski definition) is 3. The molecule has 1 aliphatic rings. The standard InChI is InChI=1S/C17H19NO4S2/c1-3-10(2)12-8-11(24(20,21)22)9-13(16(12)19)17-18-14-6-4-5-7-15(14)23-17/h4-10,17-19H,3H2,1-2H3,(H,20,21,22). The van der Waals surface area contributed by atoms with Gasteiger partial charge >= 0.3 is 0 Å². The third-order valence-electron chi connectivity index (χ3n) is 4.28. The first kappa shape index (κ1) is 17.1. The normalized spacial score (nSPS) is 18.0. The molecular weight excluding hydrogens is 346 g/mol. The topological polar surface area (TPSA) is 86.6 Å². The van der Waals surface area contributed by atoms with Crippen molar-refractivity contribution in [1.82, 2.24) is 0 Å². The molecule has 5 nitrogen and oxygen atoms in total. The van der Waals surface area contributed by atoms with E-state index in [4.69, 9.17) is 0 Å². The molecule has 1 aliphatic heterocycles. The molecule has 3 N–H and O–H groups in total. The third-order valence-corrected chi connectivity index (χ3v) is 6.33. The molecule has 2 aromatic rings. The first-order valence-electron chi connectivity index (χ1n) is 7.67. The summed E-state index contributed by atoms with van der Waals surface area (Å²) in [6.07, 6.45) is 0.743. The first-order chi connectivity index (χ1) is 11.3. The summed E-state index contributed by atoms with van der Waals surface area (Å²) in [7, 11) is -4.35. The van der Waals surface area contributed by atoms with Crippen LogP contribution in [0.1, 0.15) is 42.7 Å². The van der Waals surface area contributed by atoms with Crippen molar-refractivity contribution in [2.45, 2.75) is 41.4 Å². The summed E-state index contributed by atoms with van der Waals surface area (Å²) in [5, 5.41) is 13.7. The number of hydrogen-bond acceptors (Lipinski definition) is 5. The van der Waals surface area contributed by atoms with Gasteiger partial charge in [-0.05, 0) is 42.2 Å². The van der Waals surface area contributed by atoms with Gasteiger partial charge in [0.05, 0.1) is 4.90 Å². The van der Waals surface area contributed by atoms with E-state index in [1.54, 1.807) is 0 Å². The summed E-state index contributed by atoms with van der Waals surface area (Å²) in [5.41, 5.74) is 1.93. The predicted molar refractivity (Wildman–Crippen MR) is 95.3 cm³/mol. The second kappa shape index (κ2) is 6.31. The fourth-order valence-electron chi connectivity index (χ4n) is 2.72. The molecule has 0 radical (unpaired) electrons. The van der Waals surface area contributed by atoms with Gasteiger partial charge in [-0.15, -0.1) is 0 Å². The van der Waals surface area contributed by atoms with Crippen LogP contribution in [0.5, 0.6) is 5.75 Å². The fraction of sp³-hybridized carbons (Fsp3) is 0.294. The highest BCUT2D eigenvalue weighted by Crippen LogP contribution is 2.50. The molecule has 0 aromatic heterocycles. The van der Waals surface area contributed by atoms with E-state index in [-0.39, 0.29) is 21.9 Å². The van der Waals surface area contributed by atoms with Crippen molar-refractivity contribution < 1.29 is 18.1 Å². The molecular formula is C17H19NO4S2. The highest BCUT2D eigenvalue weighted by atomic mass is 32.2. The van der Waals surface area contributed by atoms with Crippen molar-refractivity contribution in [2.24, 2.45) is 0 Å². The number of rotatable bonds is 4. The van der Waals surface area contributed by atoms with Crippen LogP contribution >= 0.6 is 11.8 Å². The number of fused-ring (bicyclic) bond motifs is 1. The fourth-order valence-corrected chi connectivity index (χ4v) is 4.43. The second-order valence-corrected chi connectivity index (χ2v) is 8.44. The van der Waals surface area contributed by atoms with E-state index in [1.807, 2.05) is 38.1 Å². The summed E-state index contributed by atoms with van der Waals surface area (Å²) < 4.78 is 32.7. The van der Waals surface area contributed by atoms with Crippen molar-refractivity contribution in [3.05, 3.63) is 47.5 Å². The van der Waals surface area contributed by atoms with E-state index in [1.165, 1.54) is 23.9 Å². The maximum atomic E-state index is 11.6.